The van der Waals surface area contributed by atoms with Crippen molar-refractivity contribution in [3.05, 3.63) is 76.4 Å². The van der Waals surface area contributed by atoms with Gasteiger partial charge in [0.15, 0.2) is 5.78 Å². The summed E-state index contributed by atoms with van der Waals surface area (Å²) >= 11 is 0. The van der Waals surface area contributed by atoms with Crippen molar-refractivity contribution in [1.29, 1.82) is 0 Å². The number of benzene rings is 2. The lowest BCUT2D eigenvalue weighted by Crippen LogP contribution is -2.18. The third-order valence-corrected chi connectivity index (χ3v) is 4.05. The van der Waals surface area contributed by atoms with Crippen LogP contribution in [0.2, 0.25) is 0 Å². The number of carbonyl (C=O) groups excluding carboxylic acids is 1. The molecular formula is C22H26O. The van der Waals surface area contributed by atoms with Crippen molar-refractivity contribution in [1.82, 2.24) is 0 Å². The molecule has 0 atom stereocenters. The number of allylic oxidation sites excluding steroid dienone is 1. The smallest absolute Gasteiger partial charge is 0.161 e. The van der Waals surface area contributed by atoms with Crippen LogP contribution >= 0.6 is 0 Å². The van der Waals surface area contributed by atoms with Crippen LogP contribution in [0.15, 0.2) is 48.5 Å². The Morgan fingerprint density at radius 1 is 0.913 bits per heavy atom. The summed E-state index contributed by atoms with van der Waals surface area (Å²) in [5.74, 6) is 0.149. The fourth-order valence-corrected chi connectivity index (χ4v) is 2.87. The molecule has 2 rings (SSSR count). The fraction of sp³-hybridized carbons (Fsp3) is 0.318. The molecule has 0 spiro atoms. The average molecular weight is 306 g/mol. The van der Waals surface area contributed by atoms with E-state index in [4.69, 9.17) is 0 Å². The topological polar surface area (TPSA) is 17.1 Å². The maximum absolute atomic E-state index is 12.6. The highest BCUT2D eigenvalue weighted by Crippen LogP contribution is 2.31. The molecule has 0 amide bonds. The van der Waals surface area contributed by atoms with Gasteiger partial charge in [0.1, 0.15) is 0 Å². The molecule has 1 heteroatoms. The Morgan fingerprint density at radius 2 is 1.43 bits per heavy atom. The van der Waals surface area contributed by atoms with E-state index in [1.165, 1.54) is 22.3 Å². The molecule has 120 valence electrons. The van der Waals surface area contributed by atoms with Gasteiger partial charge in [-0.1, -0.05) is 68.8 Å². The maximum atomic E-state index is 12.6. The molecule has 0 aliphatic carbocycles. The number of carbonyl (C=O) groups is 1. The second-order valence-electron chi connectivity index (χ2n) is 7.31. The van der Waals surface area contributed by atoms with E-state index in [0.29, 0.717) is 0 Å². The summed E-state index contributed by atoms with van der Waals surface area (Å²) in [5.41, 5.74) is 6.55. The van der Waals surface area contributed by atoms with Gasteiger partial charge in [-0.3, -0.25) is 4.79 Å². The summed E-state index contributed by atoms with van der Waals surface area (Å²) in [5, 5.41) is 0. The zero-order chi connectivity index (χ0) is 17.2. The number of hydrogen-bond acceptors (Lipinski definition) is 1. The Balaban J connectivity index is 2.70. The molecule has 2 aromatic rings. The second kappa shape index (κ2) is 6.54. The first-order valence-corrected chi connectivity index (χ1v) is 8.10. The normalized spacial score (nSPS) is 12.3. The Bertz CT molecular complexity index is 720. The lowest BCUT2D eigenvalue weighted by Gasteiger charge is -2.19. The highest BCUT2D eigenvalue weighted by atomic mass is 16.1. The van der Waals surface area contributed by atoms with E-state index in [2.05, 4.69) is 45.0 Å². The highest BCUT2D eigenvalue weighted by molar-refractivity contribution is 6.03. The van der Waals surface area contributed by atoms with Gasteiger partial charge in [0, 0.05) is 5.41 Å². The minimum absolute atomic E-state index is 0.149. The Kier molecular flexibility index (Phi) is 4.89. The van der Waals surface area contributed by atoms with Gasteiger partial charge < -0.3 is 0 Å². The molecule has 0 heterocycles. The largest absolute Gasteiger partial charge is 0.294 e. The maximum Gasteiger partial charge on any atom is 0.161 e. The van der Waals surface area contributed by atoms with Crippen LogP contribution in [0.5, 0.6) is 0 Å². The van der Waals surface area contributed by atoms with Crippen molar-refractivity contribution in [2.45, 2.75) is 41.5 Å². The van der Waals surface area contributed by atoms with Gasteiger partial charge >= 0.3 is 0 Å². The van der Waals surface area contributed by atoms with Crippen molar-refractivity contribution >= 4 is 11.4 Å². The third-order valence-electron chi connectivity index (χ3n) is 4.05. The van der Waals surface area contributed by atoms with E-state index in [9.17, 15) is 4.79 Å². The summed E-state index contributed by atoms with van der Waals surface area (Å²) in [7, 11) is 0. The van der Waals surface area contributed by atoms with Crippen molar-refractivity contribution in [3.8, 4) is 0 Å². The second-order valence-corrected chi connectivity index (χ2v) is 7.31. The Hall–Kier alpha value is -2.15. The molecule has 0 unspecified atom stereocenters. The van der Waals surface area contributed by atoms with Gasteiger partial charge in [0.25, 0.3) is 0 Å². The van der Waals surface area contributed by atoms with E-state index >= 15 is 0 Å². The van der Waals surface area contributed by atoms with Crippen molar-refractivity contribution < 1.29 is 4.79 Å². The zero-order valence-electron chi connectivity index (χ0n) is 15.0. The molecule has 0 saturated heterocycles. The van der Waals surface area contributed by atoms with Crippen LogP contribution in [-0.2, 0) is 4.79 Å². The van der Waals surface area contributed by atoms with Crippen LogP contribution in [0.25, 0.3) is 5.57 Å². The molecule has 0 aliphatic rings. The van der Waals surface area contributed by atoms with Gasteiger partial charge in [0.05, 0.1) is 0 Å². The van der Waals surface area contributed by atoms with Crippen molar-refractivity contribution in [2.24, 2.45) is 5.41 Å². The van der Waals surface area contributed by atoms with Gasteiger partial charge in [-0.2, -0.15) is 0 Å². The Labute approximate surface area is 140 Å². The van der Waals surface area contributed by atoms with Crippen LogP contribution in [0.4, 0.5) is 0 Å². The van der Waals surface area contributed by atoms with Crippen LogP contribution in [0, 0.1) is 26.2 Å². The molecule has 0 fully saturated rings. The molecule has 0 aromatic heterocycles. The SMILES string of the molecule is Cc1cc(C)c(/C(=C\C(=O)C(C)(C)C)c2ccccc2)c(C)c1. The van der Waals surface area contributed by atoms with Gasteiger partial charge in [0.2, 0.25) is 0 Å². The number of rotatable bonds is 3. The molecule has 0 radical (unpaired) electrons. The predicted molar refractivity (Wildman–Crippen MR) is 98.6 cm³/mol. The van der Waals surface area contributed by atoms with Crippen LogP contribution in [0.1, 0.15) is 48.6 Å². The molecule has 0 aliphatic heterocycles. The van der Waals surface area contributed by atoms with E-state index in [-0.39, 0.29) is 11.2 Å². The molecule has 0 bridgehead atoms. The average Bonchev–Trinajstić information content (AvgIpc) is 2.45. The molecule has 0 saturated carbocycles. The minimum atomic E-state index is -0.382. The van der Waals surface area contributed by atoms with Gasteiger partial charge in [-0.25, -0.2) is 0 Å². The zero-order valence-corrected chi connectivity index (χ0v) is 15.0. The first-order chi connectivity index (χ1) is 10.7. The number of hydrogen-bond donors (Lipinski definition) is 0. The third kappa shape index (κ3) is 3.98. The van der Waals surface area contributed by atoms with Gasteiger partial charge in [-0.05, 0) is 54.7 Å². The highest BCUT2D eigenvalue weighted by Gasteiger charge is 2.21. The lowest BCUT2D eigenvalue weighted by molar-refractivity contribution is -0.121. The number of aryl methyl sites for hydroxylation is 3. The van der Waals surface area contributed by atoms with Crippen LogP contribution in [0.3, 0.4) is 0 Å². The first-order valence-electron chi connectivity index (χ1n) is 8.10. The lowest BCUT2D eigenvalue weighted by atomic mass is 9.84. The van der Waals surface area contributed by atoms with Crippen LogP contribution in [-0.4, -0.2) is 5.78 Å². The summed E-state index contributed by atoms with van der Waals surface area (Å²) in [4.78, 5) is 12.6. The summed E-state index contributed by atoms with van der Waals surface area (Å²) in [6.45, 7) is 12.2. The molecule has 1 nitrogen and oxygen atoms in total. The van der Waals surface area contributed by atoms with E-state index < -0.39 is 0 Å². The van der Waals surface area contributed by atoms with Crippen molar-refractivity contribution in [2.75, 3.05) is 0 Å². The first kappa shape index (κ1) is 17.2. The van der Waals surface area contributed by atoms with Crippen molar-refractivity contribution in [3.63, 3.8) is 0 Å². The van der Waals surface area contributed by atoms with E-state index in [1.54, 1.807) is 0 Å². The summed E-state index contributed by atoms with van der Waals surface area (Å²) in [6, 6.07) is 14.5. The molecule has 2 aromatic carbocycles. The fourth-order valence-electron chi connectivity index (χ4n) is 2.87. The summed E-state index contributed by atoms with van der Waals surface area (Å²) < 4.78 is 0. The number of ketones is 1. The Morgan fingerprint density at radius 3 is 1.91 bits per heavy atom. The molecular weight excluding hydrogens is 280 g/mol. The van der Waals surface area contributed by atoms with Crippen LogP contribution < -0.4 is 0 Å². The standard InChI is InChI=1S/C22H26O/c1-15-12-16(2)21(17(3)13-15)19(14-20(23)22(4,5)6)18-10-8-7-9-11-18/h7-14H,1-6H3/b19-14-. The van der Waals surface area contributed by atoms with Gasteiger partial charge in [-0.15, -0.1) is 0 Å². The molecule has 23 heavy (non-hydrogen) atoms. The van der Waals surface area contributed by atoms with E-state index in [0.717, 1.165) is 11.1 Å². The predicted octanol–water partition coefficient (Wildman–Crippen LogP) is 5.66. The monoisotopic (exact) mass is 306 g/mol. The minimum Gasteiger partial charge on any atom is -0.294 e. The van der Waals surface area contributed by atoms with E-state index in [1.807, 2.05) is 45.0 Å². The quantitative estimate of drug-likeness (QED) is 0.669. The molecule has 0 N–H and O–H groups in total. The summed E-state index contributed by atoms with van der Waals surface area (Å²) in [6.07, 6.45) is 1.82.